The standard InChI is InChI=1S/C16H30O5/c1-9-17-15(7)20-13(5)11(3)19-12(4)14(6)21-16(8)18-10-2/h13-16H,3-4,9-10H2,1-2,5-8H3. The van der Waals surface area contributed by atoms with Crippen molar-refractivity contribution in [1.82, 2.24) is 0 Å². The van der Waals surface area contributed by atoms with Gasteiger partial charge in [-0.25, -0.2) is 0 Å². The van der Waals surface area contributed by atoms with E-state index in [1.54, 1.807) is 0 Å². The monoisotopic (exact) mass is 302 g/mol. The SMILES string of the molecule is C=C(OC(=C)C(C)OC(C)OCC)C(C)OC(C)OCC. The van der Waals surface area contributed by atoms with E-state index >= 15 is 0 Å². The van der Waals surface area contributed by atoms with Crippen LogP contribution in [0, 0.1) is 0 Å². The summed E-state index contributed by atoms with van der Waals surface area (Å²) < 4.78 is 27.4. The fourth-order valence-electron chi connectivity index (χ4n) is 1.61. The Labute approximate surface area is 128 Å². The summed E-state index contributed by atoms with van der Waals surface area (Å²) in [5.74, 6) is 0.928. The van der Waals surface area contributed by atoms with E-state index in [0.29, 0.717) is 24.7 Å². The van der Waals surface area contributed by atoms with Crippen LogP contribution in [0.2, 0.25) is 0 Å². The summed E-state index contributed by atoms with van der Waals surface area (Å²) in [6.45, 7) is 20.1. The van der Waals surface area contributed by atoms with Crippen molar-refractivity contribution in [3.05, 3.63) is 24.7 Å². The average molecular weight is 302 g/mol. The average Bonchev–Trinajstić information content (AvgIpc) is 2.38. The molecule has 0 bridgehead atoms. The molecule has 0 saturated heterocycles. The molecule has 0 aliphatic heterocycles. The van der Waals surface area contributed by atoms with E-state index in [2.05, 4.69) is 13.2 Å². The second-order valence-electron chi connectivity index (χ2n) is 4.64. The maximum atomic E-state index is 5.60. The molecule has 124 valence electrons. The highest BCUT2D eigenvalue weighted by molar-refractivity contribution is 5.01. The Bertz CT molecular complexity index is 286. The smallest absolute Gasteiger partial charge is 0.155 e. The molecule has 0 rings (SSSR count). The van der Waals surface area contributed by atoms with Gasteiger partial charge in [0.05, 0.1) is 0 Å². The highest BCUT2D eigenvalue weighted by Gasteiger charge is 2.18. The maximum Gasteiger partial charge on any atom is 0.155 e. The van der Waals surface area contributed by atoms with Gasteiger partial charge < -0.3 is 23.7 Å². The second-order valence-corrected chi connectivity index (χ2v) is 4.64. The molecule has 0 aromatic heterocycles. The molecule has 21 heavy (non-hydrogen) atoms. The molecule has 0 aliphatic carbocycles. The number of rotatable bonds is 12. The lowest BCUT2D eigenvalue weighted by atomic mass is 10.3. The zero-order valence-electron chi connectivity index (χ0n) is 14.2. The molecule has 0 amide bonds. The molecular weight excluding hydrogens is 272 g/mol. The van der Waals surface area contributed by atoms with Gasteiger partial charge in [-0.1, -0.05) is 13.2 Å². The number of ether oxygens (including phenoxy) is 5. The lowest BCUT2D eigenvalue weighted by molar-refractivity contribution is -0.159. The molecule has 0 N–H and O–H groups in total. The van der Waals surface area contributed by atoms with E-state index in [4.69, 9.17) is 23.7 Å². The first-order chi connectivity index (χ1) is 9.81. The van der Waals surface area contributed by atoms with Gasteiger partial charge in [0.2, 0.25) is 0 Å². The van der Waals surface area contributed by atoms with Crippen molar-refractivity contribution in [1.29, 1.82) is 0 Å². The molecule has 0 spiro atoms. The fourth-order valence-corrected chi connectivity index (χ4v) is 1.61. The quantitative estimate of drug-likeness (QED) is 0.407. The van der Waals surface area contributed by atoms with E-state index in [0.717, 1.165) is 0 Å². The second kappa shape index (κ2) is 10.8. The van der Waals surface area contributed by atoms with E-state index in [1.807, 2.05) is 41.5 Å². The van der Waals surface area contributed by atoms with Gasteiger partial charge in [0.25, 0.3) is 0 Å². The third-order valence-electron chi connectivity index (χ3n) is 2.76. The summed E-state index contributed by atoms with van der Waals surface area (Å²) >= 11 is 0. The van der Waals surface area contributed by atoms with Crippen molar-refractivity contribution < 1.29 is 23.7 Å². The minimum atomic E-state index is -0.315. The van der Waals surface area contributed by atoms with Gasteiger partial charge in [-0.3, -0.25) is 0 Å². The van der Waals surface area contributed by atoms with Crippen LogP contribution in [-0.4, -0.2) is 38.0 Å². The Hall–Kier alpha value is -0.880. The molecule has 0 aromatic carbocycles. The highest BCUT2D eigenvalue weighted by atomic mass is 16.7. The van der Waals surface area contributed by atoms with Crippen LogP contribution in [0.3, 0.4) is 0 Å². The normalized spacial score (nSPS) is 16.9. The van der Waals surface area contributed by atoms with Crippen LogP contribution in [0.25, 0.3) is 0 Å². The number of hydrogen-bond donors (Lipinski definition) is 0. The third kappa shape index (κ3) is 8.88. The molecule has 0 aromatic rings. The lowest BCUT2D eigenvalue weighted by Gasteiger charge is -2.24. The number of hydrogen-bond acceptors (Lipinski definition) is 5. The van der Waals surface area contributed by atoms with E-state index in [9.17, 15) is 0 Å². The van der Waals surface area contributed by atoms with Crippen molar-refractivity contribution in [3.63, 3.8) is 0 Å². The van der Waals surface area contributed by atoms with Gasteiger partial charge in [0.1, 0.15) is 23.7 Å². The van der Waals surface area contributed by atoms with Gasteiger partial charge in [0.15, 0.2) is 12.6 Å². The molecule has 0 aliphatic rings. The van der Waals surface area contributed by atoms with Gasteiger partial charge in [-0.2, -0.15) is 0 Å². The van der Waals surface area contributed by atoms with Crippen LogP contribution >= 0.6 is 0 Å². The van der Waals surface area contributed by atoms with Crippen LogP contribution in [0.4, 0.5) is 0 Å². The van der Waals surface area contributed by atoms with Crippen LogP contribution in [-0.2, 0) is 23.7 Å². The molecule has 4 atom stereocenters. The summed E-state index contributed by atoms with van der Waals surface area (Å²) in [6.07, 6.45) is -1.24. The van der Waals surface area contributed by atoms with Crippen LogP contribution in [0.15, 0.2) is 24.7 Å². The summed E-state index contributed by atoms with van der Waals surface area (Å²) in [4.78, 5) is 0. The first kappa shape index (κ1) is 20.1. The summed E-state index contributed by atoms with van der Waals surface area (Å²) in [6, 6.07) is 0. The topological polar surface area (TPSA) is 46.2 Å². The Kier molecular flexibility index (Phi) is 10.3. The first-order valence-electron chi connectivity index (χ1n) is 7.41. The molecule has 4 unspecified atom stereocenters. The zero-order valence-corrected chi connectivity index (χ0v) is 14.2. The Morgan fingerprint density at radius 2 is 1.10 bits per heavy atom. The maximum absolute atomic E-state index is 5.60. The van der Waals surface area contributed by atoms with Crippen LogP contribution in [0.1, 0.15) is 41.5 Å². The van der Waals surface area contributed by atoms with E-state index < -0.39 is 0 Å². The van der Waals surface area contributed by atoms with Crippen molar-refractivity contribution in [2.45, 2.75) is 66.3 Å². The van der Waals surface area contributed by atoms with Crippen molar-refractivity contribution in [3.8, 4) is 0 Å². The molecule has 0 fully saturated rings. The summed E-state index contributed by atoms with van der Waals surface area (Å²) in [5, 5.41) is 0. The van der Waals surface area contributed by atoms with E-state index in [-0.39, 0.29) is 24.8 Å². The van der Waals surface area contributed by atoms with Crippen LogP contribution in [0.5, 0.6) is 0 Å². The fraction of sp³-hybridized carbons (Fsp3) is 0.750. The molecule has 5 nitrogen and oxygen atoms in total. The molecule has 0 heterocycles. The molecule has 0 radical (unpaired) electrons. The van der Waals surface area contributed by atoms with Gasteiger partial charge >= 0.3 is 0 Å². The predicted octanol–water partition coefficient (Wildman–Crippen LogP) is 3.61. The lowest BCUT2D eigenvalue weighted by Crippen LogP contribution is -2.25. The summed E-state index contributed by atoms with van der Waals surface area (Å²) in [5.41, 5.74) is 0. The van der Waals surface area contributed by atoms with E-state index in [1.165, 1.54) is 0 Å². The van der Waals surface area contributed by atoms with Crippen molar-refractivity contribution in [2.75, 3.05) is 13.2 Å². The Balaban J connectivity index is 4.20. The Morgan fingerprint density at radius 1 is 0.762 bits per heavy atom. The third-order valence-corrected chi connectivity index (χ3v) is 2.76. The molecule has 5 heteroatoms. The van der Waals surface area contributed by atoms with Gasteiger partial charge in [-0.05, 0) is 41.5 Å². The highest BCUT2D eigenvalue weighted by Crippen LogP contribution is 2.17. The zero-order chi connectivity index (χ0) is 16.4. The van der Waals surface area contributed by atoms with Crippen LogP contribution < -0.4 is 0 Å². The largest absolute Gasteiger partial charge is 0.462 e. The minimum absolute atomic E-state index is 0.306. The summed E-state index contributed by atoms with van der Waals surface area (Å²) in [7, 11) is 0. The van der Waals surface area contributed by atoms with Gasteiger partial charge in [-0.15, -0.1) is 0 Å². The molecular formula is C16H30O5. The Morgan fingerprint density at radius 3 is 1.38 bits per heavy atom. The minimum Gasteiger partial charge on any atom is -0.462 e. The van der Waals surface area contributed by atoms with Crippen molar-refractivity contribution in [2.24, 2.45) is 0 Å². The molecule has 0 saturated carbocycles. The first-order valence-corrected chi connectivity index (χ1v) is 7.41. The van der Waals surface area contributed by atoms with Gasteiger partial charge in [0, 0.05) is 13.2 Å². The predicted molar refractivity (Wildman–Crippen MR) is 82.6 cm³/mol. The van der Waals surface area contributed by atoms with Crippen molar-refractivity contribution >= 4 is 0 Å².